The first-order valence-corrected chi connectivity index (χ1v) is 9.07. The molecular formula is C19H20FN3O5. The Labute approximate surface area is 160 Å². The molecule has 1 N–H and O–H groups in total. The molecule has 2 aliphatic heterocycles. The number of rotatable bonds is 4. The normalized spacial score (nSPS) is 19.3. The molecule has 0 spiro atoms. The van der Waals surface area contributed by atoms with Crippen LogP contribution in [0, 0.1) is 5.82 Å². The number of carbonyl (C=O) groups is 2. The van der Waals surface area contributed by atoms with Crippen molar-refractivity contribution in [2.45, 2.75) is 25.6 Å². The predicted molar refractivity (Wildman–Crippen MR) is 94.4 cm³/mol. The molecular weight excluding hydrogens is 369 g/mol. The van der Waals surface area contributed by atoms with Gasteiger partial charge in [-0.05, 0) is 17.7 Å². The fourth-order valence-electron chi connectivity index (χ4n) is 3.58. The van der Waals surface area contributed by atoms with E-state index >= 15 is 0 Å². The minimum absolute atomic E-state index is 0.0598. The number of carboxylic acid groups (broad SMARTS) is 1. The van der Waals surface area contributed by atoms with Crippen molar-refractivity contribution in [1.82, 2.24) is 14.7 Å². The summed E-state index contributed by atoms with van der Waals surface area (Å²) >= 11 is 0. The first kappa shape index (κ1) is 18.6. The smallest absolute Gasteiger partial charge is 0.356 e. The molecule has 1 saturated heterocycles. The molecule has 1 fully saturated rings. The highest BCUT2D eigenvalue weighted by molar-refractivity contribution is 5.88. The van der Waals surface area contributed by atoms with Gasteiger partial charge in [0.1, 0.15) is 5.82 Å². The van der Waals surface area contributed by atoms with Crippen LogP contribution in [0.1, 0.15) is 27.3 Å². The Kier molecular flexibility index (Phi) is 5.10. The maximum Gasteiger partial charge on any atom is 0.356 e. The molecule has 0 aliphatic carbocycles. The molecule has 8 nitrogen and oxygen atoms in total. The maximum atomic E-state index is 13.1. The molecule has 28 heavy (non-hydrogen) atoms. The third-order valence-corrected chi connectivity index (χ3v) is 4.99. The lowest BCUT2D eigenvalue weighted by molar-refractivity contribution is -0.158. The number of amides is 1. The molecule has 1 atom stereocenters. The Morgan fingerprint density at radius 1 is 1.25 bits per heavy atom. The number of aromatic nitrogens is 2. The zero-order chi connectivity index (χ0) is 19.7. The van der Waals surface area contributed by atoms with E-state index in [1.165, 1.54) is 12.1 Å². The summed E-state index contributed by atoms with van der Waals surface area (Å²) in [6.07, 6.45) is -0.173. The quantitative estimate of drug-likeness (QED) is 0.841. The van der Waals surface area contributed by atoms with Gasteiger partial charge in [0.25, 0.3) is 5.91 Å². The third-order valence-electron chi connectivity index (χ3n) is 4.99. The first-order chi connectivity index (χ1) is 13.5. The first-order valence-electron chi connectivity index (χ1n) is 9.07. The molecule has 1 amide bonds. The van der Waals surface area contributed by atoms with Crippen LogP contribution >= 0.6 is 0 Å². The van der Waals surface area contributed by atoms with Crippen molar-refractivity contribution in [2.75, 3.05) is 26.4 Å². The highest BCUT2D eigenvalue weighted by Crippen LogP contribution is 2.25. The van der Waals surface area contributed by atoms with Gasteiger partial charge in [-0.3, -0.25) is 9.48 Å². The van der Waals surface area contributed by atoms with Crippen molar-refractivity contribution >= 4 is 11.9 Å². The number of benzene rings is 1. The van der Waals surface area contributed by atoms with Gasteiger partial charge in [0.05, 0.1) is 26.4 Å². The molecule has 4 rings (SSSR count). The van der Waals surface area contributed by atoms with Gasteiger partial charge in [0, 0.05) is 30.8 Å². The zero-order valence-corrected chi connectivity index (χ0v) is 15.1. The van der Waals surface area contributed by atoms with E-state index in [0.717, 1.165) is 11.3 Å². The van der Waals surface area contributed by atoms with E-state index < -0.39 is 12.1 Å². The summed E-state index contributed by atoms with van der Waals surface area (Å²) in [5.74, 6) is -1.67. The molecule has 1 aromatic carbocycles. The minimum Gasteiger partial charge on any atom is -0.476 e. The lowest BCUT2D eigenvalue weighted by Crippen LogP contribution is -2.47. The van der Waals surface area contributed by atoms with Gasteiger partial charge in [-0.25, -0.2) is 9.18 Å². The lowest BCUT2D eigenvalue weighted by Gasteiger charge is -2.32. The summed E-state index contributed by atoms with van der Waals surface area (Å²) in [4.78, 5) is 26.0. The third kappa shape index (κ3) is 3.63. The van der Waals surface area contributed by atoms with Crippen molar-refractivity contribution in [2.24, 2.45) is 0 Å². The van der Waals surface area contributed by atoms with Gasteiger partial charge in [0.15, 0.2) is 11.8 Å². The van der Waals surface area contributed by atoms with Crippen molar-refractivity contribution in [3.63, 3.8) is 0 Å². The average Bonchev–Trinajstić information content (AvgIpc) is 3.08. The van der Waals surface area contributed by atoms with Crippen molar-refractivity contribution in [1.29, 1.82) is 0 Å². The van der Waals surface area contributed by atoms with Gasteiger partial charge >= 0.3 is 5.97 Å². The van der Waals surface area contributed by atoms with E-state index in [-0.39, 0.29) is 30.6 Å². The van der Waals surface area contributed by atoms with Crippen molar-refractivity contribution in [3.8, 4) is 0 Å². The number of hydrogen-bond acceptors (Lipinski definition) is 5. The molecule has 1 unspecified atom stereocenters. The number of aromatic carboxylic acids is 1. The topological polar surface area (TPSA) is 93.9 Å². The summed E-state index contributed by atoms with van der Waals surface area (Å²) in [6.45, 7) is 1.99. The number of halogens is 1. The summed E-state index contributed by atoms with van der Waals surface area (Å²) in [6, 6.07) is 6.00. The summed E-state index contributed by atoms with van der Waals surface area (Å²) in [5.41, 5.74) is 2.07. The van der Waals surface area contributed by atoms with Gasteiger partial charge in [-0.15, -0.1) is 0 Å². The summed E-state index contributed by atoms with van der Waals surface area (Å²) < 4.78 is 25.5. The van der Waals surface area contributed by atoms with Crippen LogP contribution in [0.3, 0.4) is 0 Å². The van der Waals surface area contributed by atoms with E-state index in [1.54, 1.807) is 21.7 Å². The Balaban J connectivity index is 1.58. The summed E-state index contributed by atoms with van der Waals surface area (Å²) in [5, 5.41) is 13.8. The lowest BCUT2D eigenvalue weighted by atomic mass is 10.0. The number of carboxylic acids is 1. The van der Waals surface area contributed by atoms with E-state index in [1.807, 2.05) is 0 Å². The monoisotopic (exact) mass is 389 g/mol. The van der Waals surface area contributed by atoms with Crippen LogP contribution < -0.4 is 0 Å². The second-order valence-corrected chi connectivity index (χ2v) is 6.81. The fraction of sp³-hybridized carbons (Fsp3) is 0.421. The van der Waals surface area contributed by atoms with E-state index in [4.69, 9.17) is 9.47 Å². The molecule has 2 aliphatic rings. The SMILES string of the molecule is O=C(O)c1nn(Cc2ccc(F)cc2)c2c1CN(C(=O)C1COCCO1)CC2. The van der Waals surface area contributed by atoms with E-state index in [9.17, 15) is 19.1 Å². The zero-order valence-electron chi connectivity index (χ0n) is 15.1. The fourth-order valence-corrected chi connectivity index (χ4v) is 3.58. The Morgan fingerprint density at radius 2 is 2.04 bits per heavy atom. The number of nitrogens with zero attached hydrogens (tertiary/aromatic N) is 3. The molecule has 148 valence electrons. The van der Waals surface area contributed by atoms with Gasteiger partial charge < -0.3 is 19.5 Å². The van der Waals surface area contributed by atoms with Gasteiger partial charge in [0.2, 0.25) is 0 Å². The molecule has 2 aromatic rings. The van der Waals surface area contributed by atoms with Crippen LogP contribution in [0.15, 0.2) is 24.3 Å². The number of carbonyl (C=O) groups excluding carboxylic acids is 1. The molecule has 0 saturated carbocycles. The second kappa shape index (κ2) is 7.69. The van der Waals surface area contributed by atoms with Gasteiger partial charge in [-0.1, -0.05) is 12.1 Å². The Bertz CT molecular complexity index is 890. The molecule has 3 heterocycles. The predicted octanol–water partition coefficient (Wildman–Crippen LogP) is 1.07. The van der Waals surface area contributed by atoms with Crippen LogP contribution in [0.2, 0.25) is 0 Å². The standard InChI is InChI=1S/C19H20FN3O5/c20-13-3-1-12(2-4-13)9-23-15-5-6-22(10-14(15)17(21-23)19(25)26)18(24)16-11-27-7-8-28-16/h1-4,16H,5-11H2,(H,25,26). The largest absolute Gasteiger partial charge is 0.476 e. The Morgan fingerprint density at radius 3 is 2.71 bits per heavy atom. The maximum absolute atomic E-state index is 13.1. The summed E-state index contributed by atoms with van der Waals surface area (Å²) in [7, 11) is 0. The highest BCUT2D eigenvalue weighted by atomic mass is 19.1. The second-order valence-electron chi connectivity index (χ2n) is 6.81. The Hall–Kier alpha value is -2.78. The molecule has 0 radical (unpaired) electrons. The average molecular weight is 389 g/mol. The number of fused-ring (bicyclic) bond motifs is 1. The van der Waals surface area contributed by atoms with Crippen LogP contribution in [-0.2, 0) is 33.8 Å². The molecule has 9 heteroatoms. The van der Waals surface area contributed by atoms with Crippen molar-refractivity contribution in [3.05, 3.63) is 52.6 Å². The van der Waals surface area contributed by atoms with Crippen LogP contribution in [0.4, 0.5) is 4.39 Å². The van der Waals surface area contributed by atoms with Gasteiger partial charge in [-0.2, -0.15) is 5.10 Å². The van der Waals surface area contributed by atoms with Crippen molar-refractivity contribution < 1.29 is 28.6 Å². The minimum atomic E-state index is -1.14. The number of ether oxygens (including phenoxy) is 2. The van der Waals surface area contributed by atoms with Crippen LogP contribution in [0.25, 0.3) is 0 Å². The van der Waals surface area contributed by atoms with Crippen LogP contribution in [-0.4, -0.2) is 64.1 Å². The number of hydrogen-bond donors (Lipinski definition) is 1. The van der Waals surface area contributed by atoms with Crippen LogP contribution in [0.5, 0.6) is 0 Å². The molecule has 0 bridgehead atoms. The van der Waals surface area contributed by atoms with E-state index in [0.29, 0.717) is 38.3 Å². The highest BCUT2D eigenvalue weighted by Gasteiger charge is 2.34. The van der Waals surface area contributed by atoms with E-state index in [2.05, 4.69) is 5.10 Å². The molecule has 1 aromatic heterocycles.